The van der Waals surface area contributed by atoms with Gasteiger partial charge in [-0.3, -0.25) is 4.79 Å². The van der Waals surface area contributed by atoms with Gasteiger partial charge in [-0.05, 0) is 35.9 Å². The average molecular weight is 356 g/mol. The SMILES string of the molecule is Cc1cccc2cc(CNS(=O)(=O)CCc3ccccc3)c(=O)[nH]c12. The predicted octanol–water partition coefficient (Wildman–Crippen LogP) is 2.50. The van der Waals surface area contributed by atoms with Crippen LogP contribution in [0.1, 0.15) is 16.7 Å². The summed E-state index contributed by atoms with van der Waals surface area (Å²) in [4.78, 5) is 15.0. The number of hydrogen-bond acceptors (Lipinski definition) is 3. The molecule has 0 bridgehead atoms. The second-order valence-electron chi connectivity index (χ2n) is 6.04. The van der Waals surface area contributed by atoms with Gasteiger partial charge in [-0.15, -0.1) is 0 Å². The second kappa shape index (κ2) is 7.21. The third kappa shape index (κ3) is 4.35. The highest BCUT2D eigenvalue weighted by molar-refractivity contribution is 7.89. The summed E-state index contributed by atoms with van der Waals surface area (Å²) in [5.74, 6) is -0.0123. The van der Waals surface area contributed by atoms with E-state index in [1.807, 2.05) is 55.5 Å². The van der Waals surface area contributed by atoms with Crippen LogP contribution in [-0.2, 0) is 23.0 Å². The van der Waals surface area contributed by atoms with Gasteiger partial charge in [-0.25, -0.2) is 13.1 Å². The number of aryl methyl sites for hydroxylation is 2. The summed E-state index contributed by atoms with van der Waals surface area (Å²) in [5, 5.41) is 0.887. The molecule has 0 unspecified atom stereocenters. The summed E-state index contributed by atoms with van der Waals surface area (Å²) < 4.78 is 26.9. The number of sulfonamides is 1. The molecule has 25 heavy (non-hydrogen) atoms. The second-order valence-corrected chi connectivity index (χ2v) is 7.96. The molecule has 0 radical (unpaired) electrons. The topological polar surface area (TPSA) is 79.0 Å². The molecule has 2 aromatic carbocycles. The van der Waals surface area contributed by atoms with E-state index in [0.717, 1.165) is 22.0 Å². The summed E-state index contributed by atoms with van der Waals surface area (Å²) >= 11 is 0. The summed E-state index contributed by atoms with van der Waals surface area (Å²) in [6.45, 7) is 1.90. The largest absolute Gasteiger partial charge is 0.321 e. The monoisotopic (exact) mass is 356 g/mol. The van der Waals surface area contributed by atoms with E-state index in [4.69, 9.17) is 0 Å². The first-order valence-electron chi connectivity index (χ1n) is 8.07. The molecule has 130 valence electrons. The maximum absolute atomic E-state index is 12.2. The lowest BCUT2D eigenvalue weighted by Crippen LogP contribution is -2.29. The number of hydrogen-bond donors (Lipinski definition) is 2. The van der Waals surface area contributed by atoms with Crippen molar-refractivity contribution in [1.82, 2.24) is 9.71 Å². The standard InChI is InChI=1S/C19H20N2O3S/c1-14-6-5-9-16-12-17(19(22)21-18(14)16)13-20-25(23,24)11-10-15-7-3-2-4-8-15/h2-9,12,20H,10-11,13H2,1H3,(H,21,22). The molecule has 0 fully saturated rings. The van der Waals surface area contributed by atoms with Gasteiger partial charge in [0.2, 0.25) is 10.0 Å². The first-order valence-corrected chi connectivity index (χ1v) is 9.73. The minimum absolute atomic E-state index is 0.0123. The number of pyridine rings is 1. The first kappa shape index (κ1) is 17.4. The lowest BCUT2D eigenvalue weighted by atomic mass is 10.1. The molecule has 5 nitrogen and oxygen atoms in total. The number of aromatic nitrogens is 1. The maximum Gasteiger partial charge on any atom is 0.252 e. The number of para-hydroxylation sites is 1. The maximum atomic E-state index is 12.2. The number of nitrogens with one attached hydrogen (secondary N) is 2. The molecule has 0 amide bonds. The zero-order valence-electron chi connectivity index (χ0n) is 14.0. The third-order valence-electron chi connectivity index (χ3n) is 4.15. The van der Waals surface area contributed by atoms with Crippen molar-refractivity contribution in [2.45, 2.75) is 19.9 Å². The molecule has 2 N–H and O–H groups in total. The van der Waals surface area contributed by atoms with Crippen LogP contribution in [0.15, 0.2) is 59.4 Å². The van der Waals surface area contributed by atoms with Gasteiger partial charge in [0.05, 0.1) is 11.3 Å². The number of aromatic amines is 1. The Morgan fingerprint density at radius 3 is 2.56 bits per heavy atom. The predicted molar refractivity (Wildman–Crippen MR) is 100 cm³/mol. The van der Waals surface area contributed by atoms with Crippen molar-refractivity contribution in [2.24, 2.45) is 0 Å². The fraction of sp³-hybridized carbons (Fsp3) is 0.211. The summed E-state index contributed by atoms with van der Waals surface area (Å²) in [6.07, 6.45) is 0.434. The van der Waals surface area contributed by atoms with Crippen LogP contribution >= 0.6 is 0 Å². The summed E-state index contributed by atoms with van der Waals surface area (Å²) in [5.41, 5.74) is 2.86. The molecule has 0 atom stereocenters. The molecule has 0 aliphatic heterocycles. The molecule has 0 aliphatic carbocycles. The van der Waals surface area contributed by atoms with E-state index in [9.17, 15) is 13.2 Å². The van der Waals surface area contributed by atoms with Crippen molar-refractivity contribution < 1.29 is 8.42 Å². The third-order valence-corrected chi connectivity index (χ3v) is 5.48. The van der Waals surface area contributed by atoms with Gasteiger partial charge >= 0.3 is 0 Å². The molecule has 3 rings (SSSR count). The minimum Gasteiger partial charge on any atom is -0.321 e. The molecule has 0 aliphatic rings. The van der Waals surface area contributed by atoms with Gasteiger partial charge in [0, 0.05) is 12.1 Å². The van der Waals surface area contributed by atoms with E-state index < -0.39 is 10.0 Å². The van der Waals surface area contributed by atoms with E-state index in [1.165, 1.54) is 0 Å². The lowest BCUT2D eigenvalue weighted by Gasteiger charge is -2.08. The minimum atomic E-state index is -3.46. The fourth-order valence-corrected chi connectivity index (χ4v) is 3.74. The first-order chi connectivity index (χ1) is 11.9. The molecule has 0 spiro atoms. The van der Waals surface area contributed by atoms with Crippen LogP contribution < -0.4 is 10.3 Å². The zero-order valence-corrected chi connectivity index (χ0v) is 14.8. The van der Waals surface area contributed by atoms with Gasteiger partial charge in [-0.2, -0.15) is 0 Å². The number of benzene rings is 2. The van der Waals surface area contributed by atoms with E-state index >= 15 is 0 Å². The quantitative estimate of drug-likeness (QED) is 0.712. The molecule has 1 heterocycles. The van der Waals surface area contributed by atoms with E-state index in [2.05, 4.69) is 9.71 Å². The normalized spacial score (nSPS) is 11.7. The Morgan fingerprint density at radius 1 is 1.04 bits per heavy atom. The van der Waals surface area contributed by atoms with Gasteiger partial charge in [-0.1, -0.05) is 48.5 Å². The molecule has 0 saturated heterocycles. The lowest BCUT2D eigenvalue weighted by molar-refractivity contribution is 0.580. The van der Waals surface area contributed by atoms with Crippen molar-refractivity contribution >= 4 is 20.9 Å². The smallest absolute Gasteiger partial charge is 0.252 e. The fourth-order valence-electron chi connectivity index (χ4n) is 2.72. The van der Waals surface area contributed by atoms with Crippen molar-refractivity contribution in [3.63, 3.8) is 0 Å². The Balaban J connectivity index is 1.71. The van der Waals surface area contributed by atoms with Crippen LogP contribution in [-0.4, -0.2) is 19.2 Å². The Hall–Kier alpha value is -2.44. The van der Waals surface area contributed by atoms with Gasteiger partial charge in [0.25, 0.3) is 5.56 Å². The Bertz CT molecular complexity index is 1040. The van der Waals surface area contributed by atoms with Crippen LogP contribution in [0.4, 0.5) is 0 Å². The highest BCUT2D eigenvalue weighted by atomic mass is 32.2. The summed E-state index contributed by atoms with van der Waals surface area (Å²) in [6, 6.07) is 16.9. The van der Waals surface area contributed by atoms with Crippen LogP contribution in [0.2, 0.25) is 0 Å². The number of fused-ring (bicyclic) bond motifs is 1. The van der Waals surface area contributed by atoms with Crippen molar-refractivity contribution in [3.8, 4) is 0 Å². The van der Waals surface area contributed by atoms with Gasteiger partial charge in [0.15, 0.2) is 0 Å². The van der Waals surface area contributed by atoms with Crippen LogP contribution in [0, 0.1) is 6.92 Å². The molecular weight excluding hydrogens is 336 g/mol. The van der Waals surface area contributed by atoms with Crippen LogP contribution in [0.25, 0.3) is 10.9 Å². The number of rotatable bonds is 6. The Labute approximate surface area is 146 Å². The van der Waals surface area contributed by atoms with E-state index in [-0.39, 0.29) is 17.9 Å². The van der Waals surface area contributed by atoms with Crippen molar-refractivity contribution in [3.05, 3.63) is 81.6 Å². The molecular formula is C19H20N2O3S. The van der Waals surface area contributed by atoms with E-state index in [1.54, 1.807) is 6.07 Å². The van der Waals surface area contributed by atoms with Crippen molar-refractivity contribution in [1.29, 1.82) is 0 Å². The average Bonchev–Trinajstić information content (AvgIpc) is 2.60. The van der Waals surface area contributed by atoms with Crippen molar-refractivity contribution in [2.75, 3.05) is 5.75 Å². The molecule has 6 heteroatoms. The molecule has 3 aromatic rings. The Morgan fingerprint density at radius 2 is 1.80 bits per heavy atom. The zero-order chi connectivity index (χ0) is 17.9. The molecule has 0 saturated carbocycles. The molecule has 1 aromatic heterocycles. The highest BCUT2D eigenvalue weighted by Crippen LogP contribution is 2.15. The van der Waals surface area contributed by atoms with Crippen LogP contribution in [0.3, 0.4) is 0 Å². The highest BCUT2D eigenvalue weighted by Gasteiger charge is 2.12. The van der Waals surface area contributed by atoms with Gasteiger partial charge in [0.1, 0.15) is 0 Å². The number of H-pyrrole nitrogens is 1. The van der Waals surface area contributed by atoms with E-state index in [0.29, 0.717) is 12.0 Å². The Kier molecular flexibility index (Phi) is 5.01. The van der Waals surface area contributed by atoms with Gasteiger partial charge < -0.3 is 4.98 Å². The van der Waals surface area contributed by atoms with Crippen LogP contribution in [0.5, 0.6) is 0 Å². The summed E-state index contributed by atoms with van der Waals surface area (Å²) in [7, 11) is -3.46.